The van der Waals surface area contributed by atoms with Crippen LogP contribution in [0.15, 0.2) is 29.6 Å². The first-order valence-corrected chi connectivity index (χ1v) is 7.95. The van der Waals surface area contributed by atoms with Crippen molar-refractivity contribution < 1.29 is 4.79 Å². The van der Waals surface area contributed by atoms with E-state index in [0.717, 1.165) is 18.9 Å². The minimum Gasteiger partial charge on any atom is -0.368 e. The van der Waals surface area contributed by atoms with Crippen molar-refractivity contribution in [2.75, 3.05) is 42.6 Å². The summed E-state index contributed by atoms with van der Waals surface area (Å²) in [5, 5.41) is 6.95. The molecule has 1 saturated heterocycles. The predicted octanol–water partition coefficient (Wildman–Crippen LogP) is 0.223. The van der Waals surface area contributed by atoms with Gasteiger partial charge in [-0.2, -0.15) is 4.98 Å². The Hall–Kier alpha value is -2.29. The second-order valence-corrected chi connectivity index (χ2v) is 5.79. The van der Waals surface area contributed by atoms with E-state index in [0.29, 0.717) is 24.0 Å². The molecule has 9 heteroatoms. The van der Waals surface area contributed by atoms with Crippen molar-refractivity contribution in [2.24, 2.45) is 0 Å². The number of H-pyrrole nitrogens is 1. The number of amides is 1. The van der Waals surface area contributed by atoms with E-state index in [4.69, 9.17) is 5.73 Å². The van der Waals surface area contributed by atoms with Crippen LogP contribution >= 0.6 is 11.8 Å². The number of nitrogen functional groups attached to an aromatic ring is 1. The van der Waals surface area contributed by atoms with E-state index >= 15 is 0 Å². The van der Waals surface area contributed by atoms with E-state index < -0.39 is 0 Å². The van der Waals surface area contributed by atoms with Gasteiger partial charge in [0.05, 0.1) is 5.75 Å². The van der Waals surface area contributed by atoms with Crippen LogP contribution < -0.4 is 10.6 Å². The van der Waals surface area contributed by atoms with Gasteiger partial charge in [0.2, 0.25) is 17.0 Å². The van der Waals surface area contributed by atoms with Gasteiger partial charge in [0, 0.05) is 32.4 Å². The highest BCUT2D eigenvalue weighted by molar-refractivity contribution is 7.99. The van der Waals surface area contributed by atoms with Gasteiger partial charge in [-0.25, -0.2) is 10.1 Å². The summed E-state index contributed by atoms with van der Waals surface area (Å²) in [5.74, 6) is 1.63. The summed E-state index contributed by atoms with van der Waals surface area (Å²) in [7, 11) is 0. The molecule has 0 saturated carbocycles. The van der Waals surface area contributed by atoms with Crippen LogP contribution in [0.4, 0.5) is 11.8 Å². The summed E-state index contributed by atoms with van der Waals surface area (Å²) < 4.78 is 0. The first-order chi connectivity index (χ1) is 10.7. The Kier molecular flexibility index (Phi) is 4.42. The lowest BCUT2D eigenvalue weighted by atomic mass is 10.3. The molecule has 0 aliphatic carbocycles. The van der Waals surface area contributed by atoms with Crippen LogP contribution in [0.25, 0.3) is 0 Å². The molecule has 0 radical (unpaired) electrons. The molecule has 1 fully saturated rings. The smallest absolute Gasteiger partial charge is 0.233 e. The molecule has 1 aliphatic heterocycles. The largest absolute Gasteiger partial charge is 0.368 e. The molecular weight excluding hydrogens is 302 g/mol. The van der Waals surface area contributed by atoms with Crippen LogP contribution in [0.2, 0.25) is 0 Å². The lowest BCUT2D eigenvalue weighted by Crippen LogP contribution is -2.49. The lowest BCUT2D eigenvalue weighted by Gasteiger charge is -2.35. The van der Waals surface area contributed by atoms with E-state index in [1.165, 1.54) is 11.8 Å². The van der Waals surface area contributed by atoms with Crippen LogP contribution in [-0.2, 0) is 4.79 Å². The fraction of sp³-hybridized carbons (Fsp3) is 0.385. The molecule has 1 amide bonds. The molecular formula is C13H17N7OS. The van der Waals surface area contributed by atoms with Gasteiger partial charge in [-0.1, -0.05) is 17.8 Å². The molecule has 0 aromatic carbocycles. The predicted molar refractivity (Wildman–Crippen MR) is 84.5 cm³/mol. The lowest BCUT2D eigenvalue weighted by molar-refractivity contribution is -0.128. The zero-order valence-electron chi connectivity index (χ0n) is 12.0. The molecule has 0 atom stereocenters. The molecule has 1 aliphatic rings. The monoisotopic (exact) mass is 319 g/mol. The Morgan fingerprint density at radius 3 is 2.77 bits per heavy atom. The fourth-order valence-corrected chi connectivity index (χ4v) is 2.97. The van der Waals surface area contributed by atoms with E-state index in [1.54, 1.807) is 6.20 Å². The maximum Gasteiger partial charge on any atom is 0.233 e. The third-order valence-electron chi connectivity index (χ3n) is 3.41. The van der Waals surface area contributed by atoms with Crippen molar-refractivity contribution in [3.8, 4) is 0 Å². The topological polar surface area (TPSA) is 104 Å². The molecule has 116 valence electrons. The van der Waals surface area contributed by atoms with Crippen LogP contribution in [-0.4, -0.2) is 62.9 Å². The van der Waals surface area contributed by atoms with Crippen molar-refractivity contribution in [2.45, 2.75) is 5.16 Å². The maximum absolute atomic E-state index is 12.2. The number of nitrogens with zero attached hydrogens (tertiary/aromatic N) is 5. The normalized spacial score (nSPS) is 15.1. The Balaban J connectivity index is 1.47. The number of nitrogens with one attached hydrogen (secondary N) is 1. The molecule has 22 heavy (non-hydrogen) atoms. The highest BCUT2D eigenvalue weighted by Gasteiger charge is 2.22. The van der Waals surface area contributed by atoms with Gasteiger partial charge >= 0.3 is 0 Å². The van der Waals surface area contributed by atoms with Gasteiger partial charge in [0.25, 0.3) is 0 Å². The maximum atomic E-state index is 12.2. The summed E-state index contributed by atoms with van der Waals surface area (Å²) in [4.78, 5) is 24.5. The molecule has 3 heterocycles. The summed E-state index contributed by atoms with van der Waals surface area (Å²) >= 11 is 1.29. The number of piperazine rings is 1. The van der Waals surface area contributed by atoms with Gasteiger partial charge in [-0.3, -0.25) is 4.79 Å². The third-order valence-corrected chi connectivity index (χ3v) is 4.24. The number of nitrogens with two attached hydrogens (primary N) is 1. The molecule has 0 bridgehead atoms. The number of hydrogen-bond donors (Lipinski definition) is 2. The molecule has 0 unspecified atom stereocenters. The van der Waals surface area contributed by atoms with Crippen molar-refractivity contribution in [3.63, 3.8) is 0 Å². The molecule has 8 nitrogen and oxygen atoms in total. The number of aromatic amines is 1. The van der Waals surface area contributed by atoms with Gasteiger partial charge in [0.1, 0.15) is 5.82 Å². The quantitative estimate of drug-likeness (QED) is 0.777. The SMILES string of the molecule is Nc1nc(SCC(=O)N2CCN(c3ccccn3)CC2)n[nH]1. The van der Waals surface area contributed by atoms with E-state index in [1.807, 2.05) is 23.1 Å². The van der Waals surface area contributed by atoms with Gasteiger partial charge < -0.3 is 15.5 Å². The number of rotatable bonds is 4. The summed E-state index contributed by atoms with van der Waals surface area (Å²) in [6, 6.07) is 5.86. The van der Waals surface area contributed by atoms with Crippen molar-refractivity contribution >= 4 is 29.4 Å². The van der Waals surface area contributed by atoms with Gasteiger partial charge in [0.15, 0.2) is 0 Å². The van der Waals surface area contributed by atoms with Crippen molar-refractivity contribution in [3.05, 3.63) is 24.4 Å². The highest BCUT2D eigenvalue weighted by atomic mass is 32.2. The number of carbonyl (C=O) groups is 1. The first-order valence-electron chi connectivity index (χ1n) is 6.97. The number of hydrogen-bond acceptors (Lipinski definition) is 7. The Morgan fingerprint density at radius 1 is 1.32 bits per heavy atom. The second kappa shape index (κ2) is 6.65. The van der Waals surface area contributed by atoms with Crippen LogP contribution in [0, 0.1) is 0 Å². The van der Waals surface area contributed by atoms with Gasteiger partial charge in [-0.05, 0) is 12.1 Å². The third kappa shape index (κ3) is 3.48. The van der Waals surface area contributed by atoms with Gasteiger partial charge in [-0.15, -0.1) is 5.10 Å². The van der Waals surface area contributed by atoms with E-state index in [9.17, 15) is 4.79 Å². The minimum atomic E-state index is 0.0917. The van der Waals surface area contributed by atoms with Crippen molar-refractivity contribution in [1.82, 2.24) is 25.1 Å². The zero-order chi connectivity index (χ0) is 15.4. The van der Waals surface area contributed by atoms with Crippen molar-refractivity contribution in [1.29, 1.82) is 0 Å². The highest BCUT2D eigenvalue weighted by Crippen LogP contribution is 2.16. The average molecular weight is 319 g/mol. The standard InChI is InChI=1S/C13H17N7OS/c14-12-16-13(18-17-12)22-9-11(21)20-7-5-19(6-8-20)10-3-1-2-4-15-10/h1-4H,5-9H2,(H3,14,16,17,18). The number of thioether (sulfide) groups is 1. The first kappa shape index (κ1) is 14.6. The molecule has 0 spiro atoms. The molecule has 3 N–H and O–H groups in total. The minimum absolute atomic E-state index is 0.0917. The number of carbonyl (C=O) groups excluding carboxylic acids is 1. The Bertz CT molecular complexity index is 624. The van der Waals surface area contributed by atoms with E-state index in [-0.39, 0.29) is 11.9 Å². The second-order valence-electron chi connectivity index (χ2n) is 4.85. The van der Waals surface area contributed by atoms with Crippen LogP contribution in [0.1, 0.15) is 0 Å². The van der Waals surface area contributed by atoms with Crippen LogP contribution in [0.3, 0.4) is 0 Å². The molecule has 2 aromatic heterocycles. The fourth-order valence-electron chi connectivity index (χ4n) is 2.27. The average Bonchev–Trinajstić information content (AvgIpc) is 2.99. The summed E-state index contributed by atoms with van der Waals surface area (Å²) in [6.07, 6.45) is 1.78. The number of anilines is 2. The summed E-state index contributed by atoms with van der Waals surface area (Å²) in [6.45, 7) is 2.99. The number of aromatic nitrogens is 4. The zero-order valence-corrected chi connectivity index (χ0v) is 12.8. The number of pyridine rings is 1. The molecule has 3 rings (SSSR count). The summed E-state index contributed by atoms with van der Waals surface area (Å²) in [5.41, 5.74) is 5.45. The van der Waals surface area contributed by atoms with E-state index in [2.05, 4.69) is 25.1 Å². The Morgan fingerprint density at radius 2 is 2.14 bits per heavy atom. The molecule has 2 aromatic rings. The Labute approximate surface area is 132 Å². The van der Waals surface area contributed by atoms with Crippen LogP contribution in [0.5, 0.6) is 0 Å².